The van der Waals surface area contributed by atoms with Crippen LogP contribution < -0.4 is 5.73 Å². The van der Waals surface area contributed by atoms with Gasteiger partial charge in [0.15, 0.2) is 5.58 Å². The first-order valence-electron chi connectivity index (χ1n) is 9.55. The smallest absolute Gasteiger partial charge is 0.227 e. The van der Waals surface area contributed by atoms with Crippen LogP contribution in [0.2, 0.25) is 0 Å². The molecule has 0 unspecified atom stereocenters. The number of rotatable bonds is 7. The van der Waals surface area contributed by atoms with Crippen molar-refractivity contribution < 1.29 is 13.9 Å². The fourth-order valence-corrected chi connectivity index (χ4v) is 3.85. The third kappa shape index (κ3) is 4.55. The first-order chi connectivity index (χ1) is 13.2. The monoisotopic (exact) mass is 402 g/mol. The summed E-state index contributed by atoms with van der Waals surface area (Å²) in [4.78, 5) is 4.54. The molecule has 1 aliphatic rings. The lowest BCUT2D eigenvalue weighted by atomic mass is 10.0. The number of oxazole rings is 1. The summed E-state index contributed by atoms with van der Waals surface area (Å²) in [5.74, 6) is 1.13. The highest BCUT2D eigenvalue weighted by atomic mass is 35.5. The second-order valence-corrected chi connectivity index (χ2v) is 7.24. The Kier molecular flexibility index (Phi) is 7.08. The molecule has 1 heterocycles. The van der Waals surface area contributed by atoms with Gasteiger partial charge >= 0.3 is 0 Å². The van der Waals surface area contributed by atoms with E-state index in [0.29, 0.717) is 18.4 Å². The minimum atomic E-state index is 0. The number of nitrogens with two attached hydrogens (primary N) is 1. The zero-order chi connectivity index (χ0) is 18.6. The number of nitrogens with zero attached hydrogens (tertiary/aromatic N) is 1. The molecule has 5 nitrogen and oxygen atoms in total. The number of aromatic nitrogens is 1. The molecule has 0 bridgehead atoms. The Morgan fingerprint density at radius 2 is 1.89 bits per heavy atom. The molecule has 1 aromatic heterocycles. The molecule has 0 amide bonds. The fourth-order valence-electron chi connectivity index (χ4n) is 3.85. The molecule has 1 fully saturated rings. The molecular formula is C22H27ClN2O3. The van der Waals surface area contributed by atoms with E-state index in [2.05, 4.69) is 17.1 Å². The van der Waals surface area contributed by atoms with Crippen LogP contribution in [0.25, 0.3) is 22.6 Å². The third-order valence-electron chi connectivity index (χ3n) is 5.39. The summed E-state index contributed by atoms with van der Waals surface area (Å²) < 4.78 is 17.2. The topological polar surface area (TPSA) is 70.5 Å². The molecule has 6 heteroatoms. The Morgan fingerprint density at radius 3 is 2.64 bits per heavy atom. The molecule has 0 saturated heterocycles. The summed E-state index contributed by atoms with van der Waals surface area (Å²) in [6, 6.07) is 16.1. The predicted molar refractivity (Wildman–Crippen MR) is 112 cm³/mol. The predicted octanol–water partition coefficient (Wildman–Crippen LogP) is 4.58. The Balaban J connectivity index is 0.00000225. The summed E-state index contributed by atoms with van der Waals surface area (Å²) in [7, 11) is 1.74. The van der Waals surface area contributed by atoms with Gasteiger partial charge in [0.25, 0.3) is 0 Å². The number of methoxy groups -OCH3 is 1. The number of benzene rings is 2. The van der Waals surface area contributed by atoms with Crippen LogP contribution >= 0.6 is 12.4 Å². The van der Waals surface area contributed by atoms with E-state index in [4.69, 9.17) is 19.6 Å². The SMILES string of the molecule is COCC[C@H]1CC[C@@H](N)[C@@H]1OCc1ccc(-c2nc3ccccc3o2)cc1.Cl. The minimum Gasteiger partial charge on any atom is -0.436 e. The van der Waals surface area contributed by atoms with Gasteiger partial charge in [0.2, 0.25) is 5.89 Å². The van der Waals surface area contributed by atoms with Crippen LogP contribution in [0.1, 0.15) is 24.8 Å². The third-order valence-corrected chi connectivity index (χ3v) is 5.39. The second kappa shape index (κ2) is 9.52. The van der Waals surface area contributed by atoms with Crippen LogP contribution in [0.3, 0.4) is 0 Å². The molecule has 3 atom stereocenters. The van der Waals surface area contributed by atoms with E-state index in [-0.39, 0.29) is 24.6 Å². The summed E-state index contributed by atoms with van der Waals surface area (Å²) in [6.07, 6.45) is 3.25. The number of hydrogen-bond donors (Lipinski definition) is 1. The van der Waals surface area contributed by atoms with E-state index in [1.807, 2.05) is 36.4 Å². The maximum Gasteiger partial charge on any atom is 0.227 e. The molecule has 0 radical (unpaired) electrons. The average molecular weight is 403 g/mol. The zero-order valence-electron chi connectivity index (χ0n) is 16.0. The van der Waals surface area contributed by atoms with E-state index < -0.39 is 0 Å². The lowest BCUT2D eigenvalue weighted by molar-refractivity contribution is -0.000970. The van der Waals surface area contributed by atoms with Gasteiger partial charge in [0.05, 0.1) is 12.7 Å². The standard InChI is InChI=1S/C22H26N2O3.ClH/c1-25-13-12-16-10-11-18(23)21(16)26-14-15-6-8-17(9-7-15)22-24-19-4-2-3-5-20(19)27-22;/h2-9,16,18,21H,10-14,23H2,1H3;1H/t16-,18-,21-;/m1./s1. The molecule has 0 aliphatic heterocycles. The number of fused-ring (bicyclic) bond motifs is 1. The molecule has 1 aliphatic carbocycles. The Morgan fingerprint density at radius 1 is 1.11 bits per heavy atom. The van der Waals surface area contributed by atoms with Crippen molar-refractivity contribution in [2.75, 3.05) is 13.7 Å². The summed E-state index contributed by atoms with van der Waals surface area (Å²) in [5.41, 5.74) is 10.0. The van der Waals surface area contributed by atoms with Crippen molar-refractivity contribution in [1.82, 2.24) is 4.98 Å². The van der Waals surface area contributed by atoms with Gasteiger partial charge in [-0.05, 0) is 55.0 Å². The molecule has 4 rings (SSSR count). The van der Waals surface area contributed by atoms with Crippen molar-refractivity contribution >= 4 is 23.5 Å². The van der Waals surface area contributed by atoms with Crippen molar-refractivity contribution in [1.29, 1.82) is 0 Å². The van der Waals surface area contributed by atoms with Crippen molar-refractivity contribution in [2.45, 2.75) is 38.0 Å². The Hall–Kier alpha value is -1.92. The first kappa shape index (κ1) is 20.8. The van der Waals surface area contributed by atoms with Crippen LogP contribution in [-0.4, -0.2) is 30.8 Å². The highest BCUT2D eigenvalue weighted by Gasteiger charge is 2.34. The molecule has 150 valence electrons. The number of ether oxygens (including phenoxy) is 2. The highest BCUT2D eigenvalue weighted by Crippen LogP contribution is 2.31. The van der Waals surface area contributed by atoms with Crippen molar-refractivity contribution in [2.24, 2.45) is 11.7 Å². The number of halogens is 1. The van der Waals surface area contributed by atoms with E-state index in [1.165, 1.54) is 0 Å². The quantitative estimate of drug-likeness (QED) is 0.626. The largest absolute Gasteiger partial charge is 0.436 e. The molecule has 1 saturated carbocycles. The van der Waals surface area contributed by atoms with Crippen molar-refractivity contribution in [3.8, 4) is 11.5 Å². The zero-order valence-corrected chi connectivity index (χ0v) is 16.9. The van der Waals surface area contributed by atoms with Gasteiger partial charge in [0.1, 0.15) is 5.52 Å². The minimum absolute atomic E-state index is 0. The van der Waals surface area contributed by atoms with Crippen molar-refractivity contribution in [3.05, 3.63) is 54.1 Å². The molecule has 3 aromatic rings. The van der Waals surface area contributed by atoms with Crippen molar-refractivity contribution in [3.63, 3.8) is 0 Å². The first-order valence-corrected chi connectivity index (χ1v) is 9.55. The Labute approximate surface area is 171 Å². The molecule has 0 spiro atoms. The van der Waals surface area contributed by atoms with Gasteiger partial charge in [0, 0.05) is 25.3 Å². The van der Waals surface area contributed by atoms with Gasteiger partial charge in [-0.2, -0.15) is 0 Å². The van der Waals surface area contributed by atoms with Crippen LogP contribution in [0.15, 0.2) is 52.9 Å². The van der Waals surface area contributed by atoms with E-state index in [1.54, 1.807) is 7.11 Å². The van der Waals surface area contributed by atoms with Crippen LogP contribution in [0.5, 0.6) is 0 Å². The molecular weight excluding hydrogens is 376 g/mol. The summed E-state index contributed by atoms with van der Waals surface area (Å²) in [5, 5.41) is 0. The van der Waals surface area contributed by atoms with E-state index in [9.17, 15) is 0 Å². The number of para-hydroxylation sites is 2. The fraction of sp³-hybridized carbons (Fsp3) is 0.409. The van der Waals surface area contributed by atoms with Gasteiger partial charge in [-0.25, -0.2) is 4.98 Å². The van der Waals surface area contributed by atoms with Crippen LogP contribution in [0, 0.1) is 5.92 Å². The maximum absolute atomic E-state index is 6.26. The van der Waals surface area contributed by atoms with E-state index >= 15 is 0 Å². The molecule has 2 N–H and O–H groups in total. The molecule has 28 heavy (non-hydrogen) atoms. The van der Waals surface area contributed by atoms with Gasteiger partial charge in [-0.15, -0.1) is 12.4 Å². The number of hydrogen-bond acceptors (Lipinski definition) is 5. The molecule has 2 aromatic carbocycles. The lowest BCUT2D eigenvalue weighted by Gasteiger charge is -2.23. The lowest BCUT2D eigenvalue weighted by Crippen LogP contribution is -2.35. The summed E-state index contributed by atoms with van der Waals surface area (Å²) in [6.45, 7) is 1.33. The normalized spacial score (nSPS) is 21.7. The van der Waals surface area contributed by atoms with Gasteiger partial charge in [-0.3, -0.25) is 0 Å². The van der Waals surface area contributed by atoms with Gasteiger partial charge in [-0.1, -0.05) is 24.3 Å². The van der Waals surface area contributed by atoms with Gasteiger partial charge < -0.3 is 19.6 Å². The highest BCUT2D eigenvalue weighted by molar-refractivity contribution is 5.85. The maximum atomic E-state index is 6.26. The Bertz CT molecular complexity index is 848. The summed E-state index contributed by atoms with van der Waals surface area (Å²) >= 11 is 0. The van der Waals surface area contributed by atoms with E-state index in [0.717, 1.165) is 48.1 Å². The van der Waals surface area contributed by atoms with Crippen LogP contribution in [0.4, 0.5) is 0 Å². The second-order valence-electron chi connectivity index (χ2n) is 7.24. The van der Waals surface area contributed by atoms with Crippen LogP contribution in [-0.2, 0) is 16.1 Å². The average Bonchev–Trinajstić information content (AvgIpc) is 3.28.